The van der Waals surface area contributed by atoms with Crippen molar-refractivity contribution in [2.45, 2.75) is 25.4 Å². The number of nitrogens with one attached hydrogen (secondary N) is 1. The highest BCUT2D eigenvalue weighted by Gasteiger charge is 2.27. The SMILES string of the molecule is COc1ccccc1CN1CCN(C(=O)NC2CC2)CC1. The lowest BCUT2D eigenvalue weighted by atomic mass is 10.1. The Bertz CT molecular complexity index is 494. The largest absolute Gasteiger partial charge is 0.496 e. The zero-order chi connectivity index (χ0) is 14.7. The van der Waals surface area contributed by atoms with E-state index in [9.17, 15) is 4.79 Å². The smallest absolute Gasteiger partial charge is 0.317 e. The van der Waals surface area contributed by atoms with Crippen molar-refractivity contribution in [2.24, 2.45) is 0 Å². The van der Waals surface area contributed by atoms with Crippen LogP contribution in [0.2, 0.25) is 0 Å². The monoisotopic (exact) mass is 289 g/mol. The van der Waals surface area contributed by atoms with E-state index in [0.717, 1.165) is 51.3 Å². The normalized spacial score (nSPS) is 19.4. The van der Waals surface area contributed by atoms with E-state index >= 15 is 0 Å². The fraction of sp³-hybridized carbons (Fsp3) is 0.562. The molecule has 1 saturated heterocycles. The lowest BCUT2D eigenvalue weighted by Crippen LogP contribution is -2.51. The molecule has 1 aliphatic heterocycles. The van der Waals surface area contributed by atoms with Gasteiger partial charge in [-0.1, -0.05) is 18.2 Å². The number of benzene rings is 1. The molecule has 114 valence electrons. The van der Waals surface area contributed by atoms with Crippen molar-refractivity contribution >= 4 is 6.03 Å². The Balaban J connectivity index is 1.50. The van der Waals surface area contributed by atoms with Gasteiger partial charge in [0.1, 0.15) is 5.75 Å². The zero-order valence-electron chi connectivity index (χ0n) is 12.5. The maximum absolute atomic E-state index is 12.0. The quantitative estimate of drug-likeness (QED) is 0.917. The van der Waals surface area contributed by atoms with Gasteiger partial charge >= 0.3 is 6.03 Å². The lowest BCUT2D eigenvalue weighted by Gasteiger charge is -2.34. The molecule has 2 amide bonds. The van der Waals surface area contributed by atoms with Crippen molar-refractivity contribution in [2.75, 3.05) is 33.3 Å². The molecule has 1 saturated carbocycles. The van der Waals surface area contributed by atoms with Crippen LogP contribution in [0.15, 0.2) is 24.3 Å². The van der Waals surface area contributed by atoms with Gasteiger partial charge < -0.3 is 15.0 Å². The summed E-state index contributed by atoms with van der Waals surface area (Å²) in [6.45, 7) is 4.30. The Hall–Kier alpha value is -1.75. The number of ether oxygens (including phenoxy) is 1. The van der Waals surface area contributed by atoms with Crippen LogP contribution in [-0.2, 0) is 6.54 Å². The third kappa shape index (κ3) is 3.67. The summed E-state index contributed by atoms with van der Waals surface area (Å²) in [6.07, 6.45) is 2.28. The van der Waals surface area contributed by atoms with Crippen molar-refractivity contribution in [1.82, 2.24) is 15.1 Å². The molecule has 1 N–H and O–H groups in total. The number of urea groups is 1. The number of piperazine rings is 1. The average molecular weight is 289 g/mol. The highest BCUT2D eigenvalue weighted by Crippen LogP contribution is 2.21. The molecule has 0 spiro atoms. The van der Waals surface area contributed by atoms with Crippen LogP contribution in [0.1, 0.15) is 18.4 Å². The van der Waals surface area contributed by atoms with Gasteiger partial charge in [-0.25, -0.2) is 4.79 Å². The van der Waals surface area contributed by atoms with Gasteiger partial charge in [0, 0.05) is 44.3 Å². The Morgan fingerprint density at radius 1 is 1.24 bits per heavy atom. The molecule has 1 aromatic rings. The van der Waals surface area contributed by atoms with Crippen molar-refractivity contribution in [3.63, 3.8) is 0 Å². The molecule has 3 rings (SSSR count). The summed E-state index contributed by atoms with van der Waals surface area (Å²) < 4.78 is 5.40. The number of rotatable bonds is 4. The van der Waals surface area contributed by atoms with Crippen LogP contribution >= 0.6 is 0 Å². The predicted molar refractivity (Wildman–Crippen MR) is 81.4 cm³/mol. The number of methoxy groups -OCH3 is 1. The van der Waals surface area contributed by atoms with Crippen molar-refractivity contribution in [1.29, 1.82) is 0 Å². The molecule has 1 aliphatic carbocycles. The van der Waals surface area contributed by atoms with Gasteiger partial charge in [-0.2, -0.15) is 0 Å². The summed E-state index contributed by atoms with van der Waals surface area (Å²) >= 11 is 0. The molecule has 0 atom stereocenters. The number of para-hydroxylation sites is 1. The third-order valence-electron chi connectivity index (χ3n) is 4.15. The molecule has 2 fully saturated rings. The minimum atomic E-state index is 0.106. The fourth-order valence-electron chi connectivity index (χ4n) is 2.68. The summed E-state index contributed by atoms with van der Waals surface area (Å²) in [6, 6.07) is 8.66. The van der Waals surface area contributed by atoms with Crippen LogP contribution < -0.4 is 10.1 Å². The second kappa shape index (κ2) is 6.35. The molecule has 21 heavy (non-hydrogen) atoms. The minimum absolute atomic E-state index is 0.106. The van der Waals surface area contributed by atoms with Gasteiger partial charge in [0.25, 0.3) is 0 Å². The summed E-state index contributed by atoms with van der Waals surface area (Å²) in [4.78, 5) is 16.3. The second-order valence-electron chi connectivity index (χ2n) is 5.80. The lowest BCUT2D eigenvalue weighted by molar-refractivity contribution is 0.134. The fourth-order valence-corrected chi connectivity index (χ4v) is 2.68. The van der Waals surface area contributed by atoms with E-state index < -0.39 is 0 Å². The average Bonchev–Trinajstić information content (AvgIpc) is 3.32. The number of hydrogen-bond donors (Lipinski definition) is 1. The Morgan fingerprint density at radius 2 is 1.95 bits per heavy atom. The molecular weight excluding hydrogens is 266 g/mol. The van der Waals surface area contributed by atoms with Gasteiger partial charge in [-0.3, -0.25) is 4.90 Å². The van der Waals surface area contributed by atoms with E-state index in [1.54, 1.807) is 7.11 Å². The molecular formula is C16H23N3O2. The Kier molecular flexibility index (Phi) is 4.29. The van der Waals surface area contributed by atoms with Crippen molar-refractivity contribution < 1.29 is 9.53 Å². The van der Waals surface area contributed by atoms with E-state index in [2.05, 4.69) is 16.3 Å². The van der Waals surface area contributed by atoms with E-state index in [1.165, 1.54) is 5.56 Å². The van der Waals surface area contributed by atoms with Gasteiger partial charge in [0.2, 0.25) is 0 Å². The van der Waals surface area contributed by atoms with Crippen LogP contribution in [0.25, 0.3) is 0 Å². The summed E-state index contributed by atoms with van der Waals surface area (Å²) in [5.41, 5.74) is 1.20. The number of amides is 2. The van der Waals surface area contributed by atoms with E-state index in [4.69, 9.17) is 4.74 Å². The minimum Gasteiger partial charge on any atom is -0.496 e. The first-order chi connectivity index (χ1) is 10.3. The summed E-state index contributed by atoms with van der Waals surface area (Å²) in [7, 11) is 1.71. The first-order valence-corrected chi connectivity index (χ1v) is 7.66. The molecule has 0 radical (unpaired) electrons. The second-order valence-corrected chi connectivity index (χ2v) is 5.80. The van der Waals surface area contributed by atoms with E-state index in [-0.39, 0.29) is 6.03 Å². The van der Waals surface area contributed by atoms with Crippen LogP contribution in [0.4, 0.5) is 4.79 Å². The van der Waals surface area contributed by atoms with Crippen molar-refractivity contribution in [3.05, 3.63) is 29.8 Å². The molecule has 0 bridgehead atoms. The van der Waals surface area contributed by atoms with E-state index in [1.807, 2.05) is 23.1 Å². The van der Waals surface area contributed by atoms with E-state index in [0.29, 0.717) is 6.04 Å². The zero-order valence-corrected chi connectivity index (χ0v) is 12.5. The number of nitrogens with zero attached hydrogens (tertiary/aromatic N) is 2. The van der Waals surface area contributed by atoms with Gasteiger partial charge in [0.05, 0.1) is 7.11 Å². The molecule has 5 heteroatoms. The summed E-state index contributed by atoms with van der Waals surface area (Å²) in [5.74, 6) is 0.936. The van der Waals surface area contributed by atoms with Gasteiger partial charge in [-0.15, -0.1) is 0 Å². The Morgan fingerprint density at radius 3 is 2.62 bits per heavy atom. The topological polar surface area (TPSA) is 44.8 Å². The van der Waals surface area contributed by atoms with Gasteiger partial charge in [-0.05, 0) is 18.9 Å². The predicted octanol–water partition coefficient (Wildman–Crippen LogP) is 1.68. The van der Waals surface area contributed by atoms with Crippen LogP contribution in [0.5, 0.6) is 5.75 Å². The number of hydrogen-bond acceptors (Lipinski definition) is 3. The highest BCUT2D eigenvalue weighted by atomic mass is 16.5. The van der Waals surface area contributed by atoms with Crippen molar-refractivity contribution in [3.8, 4) is 5.75 Å². The maximum Gasteiger partial charge on any atom is 0.317 e. The molecule has 2 aliphatic rings. The molecule has 5 nitrogen and oxygen atoms in total. The highest BCUT2D eigenvalue weighted by molar-refractivity contribution is 5.75. The molecule has 0 aromatic heterocycles. The molecule has 1 heterocycles. The first-order valence-electron chi connectivity index (χ1n) is 7.66. The number of carbonyl (C=O) groups is 1. The van der Waals surface area contributed by atoms with Crippen LogP contribution in [0.3, 0.4) is 0 Å². The third-order valence-corrected chi connectivity index (χ3v) is 4.15. The van der Waals surface area contributed by atoms with Gasteiger partial charge in [0.15, 0.2) is 0 Å². The first kappa shape index (κ1) is 14.2. The molecule has 0 unspecified atom stereocenters. The standard InChI is InChI=1S/C16H23N3O2/c1-21-15-5-3-2-4-13(15)12-18-8-10-19(11-9-18)16(20)17-14-6-7-14/h2-5,14H,6-12H2,1H3,(H,17,20). The Labute approximate surface area is 125 Å². The van der Waals surface area contributed by atoms with Crippen LogP contribution in [0, 0.1) is 0 Å². The van der Waals surface area contributed by atoms with Crippen LogP contribution in [-0.4, -0.2) is 55.2 Å². The molecule has 1 aromatic carbocycles. The summed E-state index contributed by atoms with van der Waals surface area (Å²) in [5, 5.41) is 3.05. The number of carbonyl (C=O) groups excluding carboxylic acids is 1. The maximum atomic E-state index is 12.0.